The minimum absolute atomic E-state index is 0.104. The highest BCUT2D eigenvalue weighted by atomic mass is 19.4. The summed E-state index contributed by atoms with van der Waals surface area (Å²) >= 11 is 0. The molecule has 0 nitrogen and oxygen atoms in total. The number of hydrogen-bond acceptors (Lipinski definition) is 0. The number of rotatable bonds is 0. The van der Waals surface area contributed by atoms with Crippen molar-refractivity contribution in [2.75, 3.05) is 0 Å². The molecule has 13 saturated carbocycles. The highest BCUT2D eigenvalue weighted by Crippen LogP contribution is 2.70. The third kappa shape index (κ3) is 19.2. The molecule has 0 amide bonds. The largest absolute Gasteiger partial charge is 0.379 e. The van der Waals surface area contributed by atoms with Crippen molar-refractivity contribution in [1.29, 1.82) is 0 Å². The Hall–Kier alpha value is -3.22. The molecule has 0 aromatic rings. The van der Waals surface area contributed by atoms with Gasteiger partial charge < -0.3 is 0 Å². The van der Waals surface area contributed by atoms with Crippen molar-refractivity contribution >= 4 is 0 Å². The fourth-order valence-corrected chi connectivity index (χ4v) is 9.23. The Morgan fingerprint density at radius 1 is 0.245 bits per heavy atom. The lowest BCUT2D eigenvalue weighted by molar-refractivity contribution is -0.468. The first-order valence-corrected chi connectivity index (χ1v) is 31.4. The van der Waals surface area contributed by atoms with E-state index in [0.29, 0.717) is 18.8 Å². The van der Waals surface area contributed by atoms with E-state index in [2.05, 4.69) is 6.92 Å². The summed E-state index contributed by atoms with van der Waals surface area (Å²) in [6.45, 7) is 14.6. The van der Waals surface area contributed by atoms with Gasteiger partial charge in [-0.05, 0) is 62.7 Å². The van der Waals surface area contributed by atoms with E-state index in [4.69, 9.17) is 0 Å². The van der Waals surface area contributed by atoms with Gasteiger partial charge in [-0.15, -0.1) is 0 Å². The van der Waals surface area contributed by atoms with Crippen LogP contribution < -0.4 is 0 Å². The fraction of sp³-hybridized carbons (Fsp3) is 1.00. The highest BCUT2D eigenvalue weighted by molar-refractivity contribution is 5.27. The first kappa shape index (κ1) is 101. The number of alkyl halides is 46. The number of hydrogen-bond donors (Lipinski definition) is 0. The lowest BCUT2D eigenvalue weighted by Crippen LogP contribution is -2.83. The van der Waals surface area contributed by atoms with E-state index in [0.717, 1.165) is 40.0 Å². The summed E-state index contributed by atoms with van der Waals surface area (Å²) in [6.07, 6.45) is -7.76. The summed E-state index contributed by atoms with van der Waals surface area (Å²) in [7, 11) is 0. The molecule has 13 aliphatic rings. The second kappa shape index (κ2) is 30.9. The predicted octanol–water partition coefficient (Wildman–Crippen LogP) is 26.1. The summed E-state index contributed by atoms with van der Waals surface area (Å²) in [6, 6.07) is 0. The minimum atomic E-state index is -5.59. The van der Waals surface area contributed by atoms with Gasteiger partial charge in [0.05, 0.1) is 23.7 Å². The van der Waals surface area contributed by atoms with Gasteiger partial charge in [0.15, 0.2) is 24.7 Å². The molecule has 636 valence electrons. The van der Waals surface area contributed by atoms with Gasteiger partial charge in [-0.25, -0.2) is 79.0 Å². The molecule has 0 spiro atoms. The summed E-state index contributed by atoms with van der Waals surface area (Å²) in [5.74, 6) is -84.9. The van der Waals surface area contributed by atoms with Crippen molar-refractivity contribution in [2.24, 2.45) is 65.1 Å². The fourth-order valence-electron chi connectivity index (χ4n) is 9.23. The highest BCUT2D eigenvalue weighted by Gasteiger charge is 2.98. The zero-order valence-corrected chi connectivity index (χ0v) is 57.1. The summed E-state index contributed by atoms with van der Waals surface area (Å²) in [4.78, 5) is 0. The summed E-state index contributed by atoms with van der Waals surface area (Å²) < 4.78 is 543. The molecular formula is C60H74F46. The van der Waals surface area contributed by atoms with Gasteiger partial charge in [0.2, 0.25) is 17.3 Å². The third-order valence-electron chi connectivity index (χ3n) is 19.4. The van der Waals surface area contributed by atoms with Crippen LogP contribution in [0.5, 0.6) is 0 Å². The molecule has 0 heterocycles. The Balaban J connectivity index is 0.000000577. The Morgan fingerprint density at radius 2 is 0.500 bits per heavy atom. The van der Waals surface area contributed by atoms with Crippen molar-refractivity contribution in [3.05, 3.63) is 0 Å². The average molecular weight is 1670 g/mol. The van der Waals surface area contributed by atoms with Crippen LogP contribution in [0.15, 0.2) is 0 Å². The van der Waals surface area contributed by atoms with Gasteiger partial charge >= 0.3 is 82.9 Å². The Labute approximate surface area is 575 Å². The lowest BCUT2D eigenvalue weighted by Gasteiger charge is -2.52. The molecule has 0 saturated heterocycles. The van der Waals surface area contributed by atoms with Crippen LogP contribution in [0, 0.1) is 65.1 Å². The van der Waals surface area contributed by atoms with Crippen molar-refractivity contribution < 1.29 is 202 Å². The van der Waals surface area contributed by atoms with Crippen LogP contribution in [0.4, 0.5) is 202 Å². The summed E-state index contributed by atoms with van der Waals surface area (Å²) in [5, 5.41) is 0. The molecule has 46 heteroatoms. The Morgan fingerprint density at radius 3 is 0.528 bits per heavy atom. The van der Waals surface area contributed by atoms with Crippen LogP contribution in [0.3, 0.4) is 0 Å². The van der Waals surface area contributed by atoms with Crippen LogP contribution in [-0.4, -0.2) is 161 Å². The van der Waals surface area contributed by atoms with E-state index in [-0.39, 0.29) is 57.8 Å². The van der Waals surface area contributed by atoms with Gasteiger partial charge in [-0.2, -0.15) is 123 Å². The third-order valence-corrected chi connectivity index (χ3v) is 19.4. The van der Waals surface area contributed by atoms with Crippen molar-refractivity contribution in [2.45, 2.75) is 309 Å². The van der Waals surface area contributed by atoms with E-state index < -0.39 is 209 Å². The van der Waals surface area contributed by atoms with E-state index in [1.54, 1.807) is 6.92 Å². The lowest BCUT2D eigenvalue weighted by atomic mass is 9.71. The van der Waals surface area contributed by atoms with E-state index in [9.17, 15) is 202 Å². The van der Waals surface area contributed by atoms with Gasteiger partial charge in [-0.3, -0.25) is 0 Å². The van der Waals surface area contributed by atoms with Crippen molar-refractivity contribution in [3.63, 3.8) is 0 Å². The van der Waals surface area contributed by atoms with E-state index in [1.807, 2.05) is 13.8 Å². The standard InChI is InChI=1S/C5H3F7.C5H4F6.C5H5F5.C5H6F4.2C5H7F3.C5H8F2.C5H9F.C4H3F5.C4H4F4.C4H5F3.C4H6F2.C4H7F/c1-2(6)3(7,8)5(11,12)4(2,9)10;1-2-3(6,7)5(10,11)4(2,8)9;1-2-3(6)5(9,10)4(2,7)8;1-3-2-4(6,7)5(3,8)9;2*1-3-2-5(7,8)4(3)6;1-4-2-5(6,7)3-4;1-4-2-5(6)3-4;1-2(5)3(6,7)4(2,8)9;1-2-3(5,6)4(2,7)8;1-2-3(5)4(2,6)7;1-3-2-4(3,5)6;1-3-2-4(3)5/h1H3;2H,1H3;2-3H,1H3;3H,2H2,1H3;2*3-4H,2H2,1H3;4H,2-3H2,1H3;4-5H,2-3H2,1H3;1H3;2H,1H3;2-3H,1H3;3H,2H2,1H3;3-4H,2H2,1H3. The zero-order chi connectivity index (χ0) is 85.7. The molecule has 13 rings (SSSR count). The maximum atomic E-state index is 12.3. The molecule has 0 bridgehead atoms. The number of halogens is 46. The van der Waals surface area contributed by atoms with Crippen molar-refractivity contribution in [1.82, 2.24) is 0 Å². The average Bonchev–Trinajstić information content (AvgIpc) is 0.784. The SMILES string of the molecule is CC1(F)C(F)(F)C(F)(F)C1(F)F.CC1(F)C(F)(F)C1(F)F.CC1C(F)(F)C(F)(F)C1(F)F.CC1C(F)(F)C1(F)F.CC1C(F)C(F)(F)C1(F)F.CC1C(F)C1(F)F.CC1CC(F)(F)C1.CC1CC(F)(F)C1(F)F.CC1CC(F)(F)C1F.CC1CC(F)(F)C1F.CC1CC(F)C1.CC1CC1(F)F.CC1CC1F. The maximum Gasteiger partial charge on any atom is 0.379 e. The molecule has 13 fully saturated rings. The van der Waals surface area contributed by atoms with E-state index in [1.165, 1.54) is 20.8 Å². The van der Waals surface area contributed by atoms with Crippen LogP contribution in [0.2, 0.25) is 0 Å². The molecule has 106 heavy (non-hydrogen) atoms. The quantitative estimate of drug-likeness (QED) is 0.212. The second-order valence-electron chi connectivity index (χ2n) is 28.9. The Kier molecular flexibility index (Phi) is 29.4. The maximum absolute atomic E-state index is 12.3. The smallest absolute Gasteiger partial charge is 0.247 e. The molecule has 12 unspecified atom stereocenters. The van der Waals surface area contributed by atoms with Crippen LogP contribution in [0.1, 0.15) is 148 Å². The zero-order valence-electron chi connectivity index (χ0n) is 57.1. The molecule has 13 aliphatic carbocycles. The minimum Gasteiger partial charge on any atom is -0.247 e. The molecule has 0 aromatic heterocycles. The first-order valence-electron chi connectivity index (χ1n) is 31.4. The van der Waals surface area contributed by atoms with E-state index >= 15 is 0 Å². The molecule has 0 aromatic carbocycles. The van der Waals surface area contributed by atoms with Crippen LogP contribution in [0.25, 0.3) is 0 Å². The van der Waals surface area contributed by atoms with Crippen molar-refractivity contribution in [3.8, 4) is 0 Å². The second-order valence-corrected chi connectivity index (χ2v) is 28.9. The van der Waals surface area contributed by atoms with Gasteiger partial charge in [0.25, 0.3) is 23.7 Å². The molecular weight excluding hydrogens is 1590 g/mol. The molecule has 0 N–H and O–H groups in total. The van der Waals surface area contributed by atoms with Crippen LogP contribution in [-0.2, 0) is 0 Å². The Bertz CT molecular complexity index is 2610. The van der Waals surface area contributed by atoms with Gasteiger partial charge in [-0.1, -0.05) is 76.2 Å². The molecule has 0 aliphatic heterocycles. The normalized spacial score (nSPS) is 38.5. The molecule has 0 radical (unpaired) electrons. The summed E-state index contributed by atoms with van der Waals surface area (Å²) in [5.41, 5.74) is -8.09. The monoisotopic (exact) mass is 1670 g/mol. The topological polar surface area (TPSA) is 0 Å². The van der Waals surface area contributed by atoms with Gasteiger partial charge in [0, 0.05) is 50.4 Å². The van der Waals surface area contributed by atoms with Crippen LogP contribution >= 0.6 is 0 Å². The van der Waals surface area contributed by atoms with Gasteiger partial charge in [0.1, 0.15) is 12.3 Å². The first-order chi connectivity index (χ1) is 46.0. The predicted molar refractivity (Wildman–Crippen MR) is 285 cm³/mol. The molecule has 12 atom stereocenters.